The standard InChI is InChI=1S/C16H23N7S/c1-2-17-16(24)21-14-8-15(19-11-18-14)23-10-13(20-12-23)9-22-6-4-3-5-7-22/h8,10-12H,2-7,9H2,1H3,(H2,17,18,19,21,24). The molecule has 0 bridgehead atoms. The van der Waals surface area contributed by atoms with E-state index in [4.69, 9.17) is 12.2 Å². The van der Waals surface area contributed by atoms with Crippen LogP contribution in [0.15, 0.2) is 24.9 Å². The summed E-state index contributed by atoms with van der Waals surface area (Å²) in [6, 6.07) is 1.86. The van der Waals surface area contributed by atoms with E-state index in [9.17, 15) is 0 Å². The van der Waals surface area contributed by atoms with E-state index in [-0.39, 0.29) is 0 Å². The Morgan fingerprint density at radius 2 is 2.04 bits per heavy atom. The summed E-state index contributed by atoms with van der Waals surface area (Å²) >= 11 is 5.18. The first kappa shape index (κ1) is 16.8. The molecule has 0 spiro atoms. The van der Waals surface area contributed by atoms with Crippen molar-refractivity contribution in [2.45, 2.75) is 32.7 Å². The number of nitrogens with one attached hydrogen (secondary N) is 2. The van der Waals surface area contributed by atoms with Gasteiger partial charge in [0, 0.05) is 25.4 Å². The van der Waals surface area contributed by atoms with Crippen LogP contribution < -0.4 is 10.6 Å². The van der Waals surface area contributed by atoms with Crippen LogP contribution in [0.5, 0.6) is 0 Å². The molecule has 1 fully saturated rings. The van der Waals surface area contributed by atoms with Crippen molar-refractivity contribution in [2.24, 2.45) is 0 Å². The number of aromatic nitrogens is 4. The molecule has 0 aromatic carbocycles. The van der Waals surface area contributed by atoms with Gasteiger partial charge in [0.2, 0.25) is 0 Å². The first-order chi connectivity index (χ1) is 11.7. The smallest absolute Gasteiger partial charge is 0.171 e. The van der Waals surface area contributed by atoms with E-state index in [2.05, 4.69) is 30.5 Å². The largest absolute Gasteiger partial charge is 0.363 e. The Kier molecular flexibility index (Phi) is 5.71. The fraction of sp³-hybridized carbons (Fsp3) is 0.500. The number of thiocarbonyl (C=S) groups is 1. The highest BCUT2D eigenvalue weighted by Gasteiger charge is 2.12. The predicted octanol–water partition coefficient (Wildman–Crippen LogP) is 1.95. The van der Waals surface area contributed by atoms with E-state index in [1.54, 1.807) is 6.33 Å². The average molecular weight is 345 g/mol. The van der Waals surface area contributed by atoms with Gasteiger partial charge in [-0.05, 0) is 45.1 Å². The summed E-state index contributed by atoms with van der Waals surface area (Å²) in [5.41, 5.74) is 1.06. The normalized spacial score (nSPS) is 15.2. The molecule has 24 heavy (non-hydrogen) atoms. The van der Waals surface area contributed by atoms with Gasteiger partial charge in [0.1, 0.15) is 24.3 Å². The van der Waals surface area contributed by atoms with Gasteiger partial charge < -0.3 is 10.6 Å². The summed E-state index contributed by atoms with van der Waals surface area (Å²) in [6.45, 7) is 5.99. The van der Waals surface area contributed by atoms with Crippen LogP contribution in [0.1, 0.15) is 31.9 Å². The zero-order chi connectivity index (χ0) is 16.8. The number of hydrogen-bond acceptors (Lipinski definition) is 5. The Bertz CT molecular complexity index is 679. The molecule has 0 radical (unpaired) electrons. The average Bonchev–Trinajstić information content (AvgIpc) is 3.05. The molecule has 128 valence electrons. The predicted molar refractivity (Wildman–Crippen MR) is 98.2 cm³/mol. The number of piperidine rings is 1. The second-order valence-corrected chi connectivity index (χ2v) is 6.26. The van der Waals surface area contributed by atoms with Gasteiger partial charge in [-0.2, -0.15) is 0 Å². The molecule has 2 aromatic rings. The highest BCUT2D eigenvalue weighted by molar-refractivity contribution is 7.80. The van der Waals surface area contributed by atoms with Crippen molar-refractivity contribution < 1.29 is 0 Å². The number of rotatable bonds is 5. The van der Waals surface area contributed by atoms with Crippen molar-refractivity contribution in [1.29, 1.82) is 0 Å². The maximum atomic E-state index is 5.18. The molecule has 0 amide bonds. The lowest BCUT2D eigenvalue weighted by atomic mass is 10.1. The third-order valence-electron chi connectivity index (χ3n) is 3.97. The molecule has 2 aromatic heterocycles. The molecule has 7 nitrogen and oxygen atoms in total. The molecule has 1 aliphatic rings. The number of anilines is 1. The summed E-state index contributed by atoms with van der Waals surface area (Å²) in [6.07, 6.45) is 9.27. The van der Waals surface area contributed by atoms with Crippen LogP contribution in [0.4, 0.5) is 5.82 Å². The van der Waals surface area contributed by atoms with Gasteiger partial charge in [-0.15, -0.1) is 0 Å². The van der Waals surface area contributed by atoms with Crippen molar-refractivity contribution in [3.63, 3.8) is 0 Å². The number of nitrogens with zero attached hydrogens (tertiary/aromatic N) is 5. The van der Waals surface area contributed by atoms with Crippen LogP contribution in [0.25, 0.3) is 5.82 Å². The topological polar surface area (TPSA) is 70.9 Å². The summed E-state index contributed by atoms with van der Waals surface area (Å²) < 4.78 is 1.92. The Morgan fingerprint density at radius 1 is 1.21 bits per heavy atom. The van der Waals surface area contributed by atoms with Gasteiger partial charge in [-0.3, -0.25) is 9.47 Å². The molecule has 1 saturated heterocycles. The van der Waals surface area contributed by atoms with Crippen molar-refractivity contribution in [3.8, 4) is 5.82 Å². The molecule has 2 N–H and O–H groups in total. The first-order valence-electron chi connectivity index (χ1n) is 8.37. The van der Waals surface area contributed by atoms with Crippen LogP contribution in [0.3, 0.4) is 0 Å². The quantitative estimate of drug-likeness (QED) is 0.803. The Labute approximate surface area is 147 Å². The summed E-state index contributed by atoms with van der Waals surface area (Å²) in [4.78, 5) is 15.5. The maximum absolute atomic E-state index is 5.18. The van der Waals surface area contributed by atoms with Crippen LogP contribution in [0.2, 0.25) is 0 Å². The zero-order valence-corrected chi connectivity index (χ0v) is 14.7. The zero-order valence-electron chi connectivity index (χ0n) is 13.9. The fourth-order valence-corrected chi connectivity index (χ4v) is 3.04. The third-order valence-corrected chi connectivity index (χ3v) is 4.21. The summed E-state index contributed by atoms with van der Waals surface area (Å²) in [5, 5.41) is 6.65. The molecule has 3 rings (SSSR count). The van der Waals surface area contributed by atoms with Gasteiger partial charge in [-0.25, -0.2) is 15.0 Å². The first-order valence-corrected chi connectivity index (χ1v) is 8.78. The molecule has 3 heterocycles. The second-order valence-electron chi connectivity index (χ2n) is 5.85. The van der Waals surface area contributed by atoms with E-state index in [0.29, 0.717) is 10.9 Å². The van der Waals surface area contributed by atoms with E-state index < -0.39 is 0 Å². The molecular formula is C16H23N7S. The summed E-state index contributed by atoms with van der Waals surface area (Å²) in [5.74, 6) is 1.43. The Balaban J connectivity index is 1.67. The lowest BCUT2D eigenvalue weighted by Crippen LogP contribution is -2.29. The lowest BCUT2D eigenvalue weighted by molar-refractivity contribution is 0.219. The number of imidazole rings is 1. The molecule has 0 unspecified atom stereocenters. The van der Waals surface area contributed by atoms with Gasteiger partial charge in [0.25, 0.3) is 0 Å². The minimum Gasteiger partial charge on any atom is -0.363 e. The molecule has 8 heteroatoms. The van der Waals surface area contributed by atoms with Crippen LogP contribution in [-0.2, 0) is 6.54 Å². The van der Waals surface area contributed by atoms with Crippen LogP contribution >= 0.6 is 12.2 Å². The monoisotopic (exact) mass is 345 g/mol. The molecule has 0 saturated carbocycles. The SMILES string of the molecule is CCNC(=S)Nc1cc(-n2cnc(CN3CCCCC3)c2)ncn1. The molecule has 1 aliphatic heterocycles. The number of hydrogen-bond donors (Lipinski definition) is 2. The minimum atomic E-state index is 0.554. The van der Waals surface area contributed by atoms with Crippen molar-refractivity contribution in [3.05, 3.63) is 30.6 Å². The van der Waals surface area contributed by atoms with Crippen LogP contribution in [-0.4, -0.2) is 49.2 Å². The lowest BCUT2D eigenvalue weighted by Gasteiger charge is -2.25. The highest BCUT2D eigenvalue weighted by Crippen LogP contribution is 2.14. The Morgan fingerprint density at radius 3 is 2.83 bits per heavy atom. The van der Waals surface area contributed by atoms with Gasteiger partial charge in [0.05, 0.1) is 5.69 Å². The highest BCUT2D eigenvalue weighted by atomic mass is 32.1. The second kappa shape index (κ2) is 8.16. The minimum absolute atomic E-state index is 0.554. The van der Waals surface area contributed by atoms with Crippen molar-refractivity contribution >= 4 is 23.1 Å². The van der Waals surface area contributed by atoms with Gasteiger partial charge in [-0.1, -0.05) is 6.42 Å². The van der Waals surface area contributed by atoms with Crippen molar-refractivity contribution in [1.82, 2.24) is 29.7 Å². The molecule has 0 aliphatic carbocycles. The maximum Gasteiger partial charge on any atom is 0.171 e. The van der Waals surface area contributed by atoms with E-state index >= 15 is 0 Å². The van der Waals surface area contributed by atoms with E-state index in [1.807, 2.05) is 23.8 Å². The van der Waals surface area contributed by atoms with Gasteiger partial charge in [0.15, 0.2) is 5.11 Å². The Hall–Kier alpha value is -2.06. The molecular weight excluding hydrogens is 322 g/mol. The third kappa shape index (κ3) is 4.48. The van der Waals surface area contributed by atoms with Gasteiger partial charge >= 0.3 is 0 Å². The number of likely N-dealkylation sites (tertiary alicyclic amines) is 1. The van der Waals surface area contributed by atoms with Crippen molar-refractivity contribution in [2.75, 3.05) is 25.0 Å². The van der Waals surface area contributed by atoms with Crippen LogP contribution in [0, 0.1) is 0 Å². The van der Waals surface area contributed by atoms with E-state index in [0.717, 1.165) is 37.7 Å². The fourth-order valence-electron chi connectivity index (χ4n) is 2.79. The van der Waals surface area contributed by atoms with E-state index in [1.165, 1.54) is 25.6 Å². The summed E-state index contributed by atoms with van der Waals surface area (Å²) in [7, 11) is 0. The molecule has 0 atom stereocenters.